The average molecular weight is 172 g/mol. The van der Waals surface area contributed by atoms with Crippen molar-refractivity contribution in [1.29, 1.82) is 5.26 Å². The maximum atomic E-state index is 8.67. The fraction of sp³-hybridized carbons (Fsp3) is 0.364. The summed E-state index contributed by atoms with van der Waals surface area (Å²) in [5, 5.41) is 12.0. The lowest BCUT2D eigenvalue weighted by molar-refractivity contribution is 0.889. The third kappa shape index (κ3) is 2.22. The van der Waals surface area contributed by atoms with Gasteiger partial charge in [-0.1, -0.05) is 6.07 Å². The van der Waals surface area contributed by atoms with Gasteiger partial charge in [0.15, 0.2) is 0 Å². The highest BCUT2D eigenvalue weighted by Gasteiger charge is 2.20. The minimum atomic E-state index is 0.723. The summed E-state index contributed by atoms with van der Waals surface area (Å²) in [5.74, 6) is 0.866. The van der Waals surface area contributed by atoms with Gasteiger partial charge in [0.25, 0.3) is 0 Å². The fourth-order valence-electron chi connectivity index (χ4n) is 1.28. The monoisotopic (exact) mass is 172 g/mol. The molecule has 1 aromatic rings. The quantitative estimate of drug-likeness (QED) is 0.759. The second-order valence-electron chi connectivity index (χ2n) is 3.52. The van der Waals surface area contributed by atoms with Gasteiger partial charge in [0.1, 0.15) is 0 Å². The average Bonchev–Trinajstić information content (AvgIpc) is 2.99. The van der Waals surface area contributed by atoms with E-state index in [1.807, 2.05) is 24.3 Å². The summed E-state index contributed by atoms with van der Waals surface area (Å²) >= 11 is 0. The first-order valence-electron chi connectivity index (χ1n) is 4.62. The van der Waals surface area contributed by atoms with Gasteiger partial charge in [-0.25, -0.2) is 0 Å². The van der Waals surface area contributed by atoms with Crippen LogP contribution in [0.15, 0.2) is 24.3 Å². The van der Waals surface area contributed by atoms with Crippen LogP contribution in [0.2, 0.25) is 0 Å². The first kappa shape index (κ1) is 8.12. The zero-order chi connectivity index (χ0) is 9.10. The summed E-state index contributed by atoms with van der Waals surface area (Å²) in [5.41, 5.74) is 1.78. The Hall–Kier alpha value is -1.49. The Morgan fingerprint density at radius 3 is 3.00 bits per heavy atom. The van der Waals surface area contributed by atoms with E-state index in [9.17, 15) is 0 Å². The van der Waals surface area contributed by atoms with Gasteiger partial charge in [-0.05, 0) is 37.0 Å². The molecule has 2 heteroatoms. The highest BCUT2D eigenvalue weighted by molar-refractivity contribution is 5.49. The molecule has 0 aromatic heterocycles. The van der Waals surface area contributed by atoms with Crippen molar-refractivity contribution < 1.29 is 0 Å². The molecule has 0 bridgehead atoms. The van der Waals surface area contributed by atoms with E-state index in [0.29, 0.717) is 0 Å². The van der Waals surface area contributed by atoms with Gasteiger partial charge in [-0.15, -0.1) is 0 Å². The SMILES string of the molecule is N#Cc1cccc(NCC2CC2)c1. The normalized spacial score (nSPS) is 15.0. The van der Waals surface area contributed by atoms with E-state index in [1.54, 1.807) is 0 Å². The van der Waals surface area contributed by atoms with Crippen LogP contribution in [0.4, 0.5) is 5.69 Å². The predicted octanol–water partition coefficient (Wildman–Crippen LogP) is 2.38. The second kappa shape index (κ2) is 3.49. The highest BCUT2D eigenvalue weighted by Crippen LogP contribution is 2.28. The van der Waals surface area contributed by atoms with Gasteiger partial charge >= 0.3 is 0 Å². The minimum absolute atomic E-state index is 0.723. The van der Waals surface area contributed by atoms with Gasteiger partial charge in [0.2, 0.25) is 0 Å². The smallest absolute Gasteiger partial charge is 0.0992 e. The van der Waals surface area contributed by atoms with Crippen molar-refractivity contribution in [3.8, 4) is 6.07 Å². The lowest BCUT2D eigenvalue weighted by Crippen LogP contribution is -2.02. The number of nitrogens with zero attached hydrogens (tertiary/aromatic N) is 1. The largest absolute Gasteiger partial charge is 0.385 e. The van der Waals surface area contributed by atoms with Crippen molar-refractivity contribution in [2.45, 2.75) is 12.8 Å². The molecule has 2 nitrogen and oxygen atoms in total. The molecule has 66 valence electrons. The molecule has 1 aliphatic carbocycles. The number of nitrogens with one attached hydrogen (secondary N) is 1. The number of hydrogen-bond donors (Lipinski definition) is 1. The fourth-order valence-corrected chi connectivity index (χ4v) is 1.28. The summed E-state index contributed by atoms with van der Waals surface area (Å²) in [6.07, 6.45) is 2.70. The van der Waals surface area contributed by atoms with Crippen LogP contribution in [0, 0.1) is 17.2 Å². The van der Waals surface area contributed by atoms with Gasteiger partial charge in [-0.2, -0.15) is 5.26 Å². The summed E-state index contributed by atoms with van der Waals surface area (Å²) in [7, 11) is 0. The summed E-state index contributed by atoms with van der Waals surface area (Å²) < 4.78 is 0. The van der Waals surface area contributed by atoms with Crippen LogP contribution in [0.3, 0.4) is 0 Å². The number of rotatable bonds is 3. The lowest BCUT2D eigenvalue weighted by Gasteiger charge is -2.04. The highest BCUT2D eigenvalue weighted by atomic mass is 14.9. The third-order valence-electron chi connectivity index (χ3n) is 2.28. The van der Waals surface area contributed by atoms with Crippen molar-refractivity contribution in [3.63, 3.8) is 0 Å². The molecular weight excluding hydrogens is 160 g/mol. The molecule has 0 heterocycles. The zero-order valence-electron chi connectivity index (χ0n) is 7.46. The van der Waals surface area contributed by atoms with Crippen molar-refractivity contribution in [2.24, 2.45) is 5.92 Å². The molecule has 1 aliphatic rings. The van der Waals surface area contributed by atoms with Crippen LogP contribution in [0.5, 0.6) is 0 Å². The molecule has 0 spiro atoms. The van der Waals surface area contributed by atoms with E-state index in [-0.39, 0.29) is 0 Å². The number of nitriles is 1. The van der Waals surface area contributed by atoms with Crippen LogP contribution in [-0.4, -0.2) is 6.54 Å². The maximum Gasteiger partial charge on any atom is 0.0992 e. The Labute approximate surface area is 78.2 Å². The van der Waals surface area contributed by atoms with Crippen LogP contribution < -0.4 is 5.32 Å². The third-order valence-corrected chi connectivity index (χ3v) is 2.28. The van der Waals surface area contributed by atoms with Crippen molar-refractivity contribution in [3.05, 3.63) is 29.8 Å². The summed E-state index contributed by atoms with van der Waals surface area (Å²) in [6, 6.07) is 9.76. The maximum absolute atomic E-state index is 8.67. The van der Waals surface area contributed by atoms with Crippen LogP contribution in [0.25, 0.3) is 0 Å². The van der Waals surface area contributed by atoms with E-state index < -0.39 is 0 Å². The standard InChI is InChI=1S/C11H12N2/c12-7-10-2-1-3-11(6-10)13-8-9-4-5-9/h1-3,6,9,13H,4-5,8H2. The molecule has 0 saturated heterocycles. The number of hydrogen-bond acceptors (Lipinski definition) is 2. The Balaban J connectivity index is 1.98. The van der Waals surface area contributed by atoms with Crippen LogP contribution in [-0.2, 0) is 0 Å². The summed E-state index contributed by atoms with van der Waals surface area (Å²) in [6.45, 7) is 1.05. The lowest BCUT2D eigenvalue weighted by atomic mass is 10.2. The molecule has 0 atom stereocenters. The molecule has 1 aromatic carbocycles. The zero-order valence-corrected chi connectivity index (χ0v) is 7.46. The van der Waals surface area contributed by atoms with E-state index in [4.69, 9.17) is 5.26 Å². The van der Waals surface area contributed by atoms with Gasteiger partial charge in [0, 0.05) is 12.2 Å². The van der Waals surface area contributed by atoms with Crippen LogP contribution >= 0.6 is 0 Å². The minimum Gasteiger partial charge on any atom is -0.385 e. The van der Waals surface area contributed by atoms with E-state index in [1.165, 1.54) is 12.8 Å². The van der Waals surface area contributed by atoms with E-state index in [0.717, 1.165) is 23.7 Å². The van der Waals surface area contributed by atoms with Gasteiger partial charge in [0.05, 0.1) is 11.6 Å². The van der Waals surface area contributed by atoms with Gasteiger partial charge < -0.3 is 5.32 Å². The molecular formula is C11H12N2. The Morgan fingerprint density at radius 1 is 1.46 bits per heavy atom. The van der Waals surface area contributed by atoms with Gasteiger partial charge in [-0.3, -0.25) is 0 Å². The molecule has 0 amide bonds. The molecule has 2 rings (SSSR count). The number of benzene rings is 1. The molecule has 1 fully saturated rings. The Morgan fingerprint density at radius 2 is 2.31 bits per heavy atom. The van der Waals surface area contributed by atoms with Crippen molar-refractivity contribution in [1.82, 2.24) is 0 Å². The topological polar surface area (TPSA) is 35.8 Å². The Kier molecular flexibility index (Phi) is 2.18. The molecule has 0 unspecified atom stereocenters. The van der Waals surface area contributed by atoms with Crippen molar-refractivity contribution in [2.75, 3.05) is 11.9 Å². The Bertz CT molecular complexity index is 334. The molecule has 0 radical (unpaired) electrons. The predicted molar refractivity (Wildman–Crippen MR) is 52.4 cm³/mol. The molecule has 13 heavy (non-hydrogen) atoms. The molecule has 1 saturated carbocycles. The summed E-state index contributed by atoms with van der Waals surface area (Å²) in [4.78, 5) is 0. The van der Waals surface area contributed by atoms with Crippen LogP contribution in [0.1, 0.15) is 18.4 Å². The first-order valence-corrected chi connectivity index (χ1v) is 4.62. The number of anilines is 1. The second-order valence-corrected chi connectivity index (χ2v) is 3.52. The first-order chi connectivity index (χ1) is 6.38. The van der Waals surface area contributed by atoms with E-state index >= 15 is 0 Å². The molecule has 1 N–H and O–H groups in total. The molecule has 0 aliphatic heterocycles. The van der Waals surface area contributed by atoms with E-state index in [2.05, 4.69) is 11.4 Å². The van der Waals surface area contributed by atoms with Crippen molar-refractivity contribution >= 4 is 5.69 Å².